The molecule has 14 heteroatoms. The zero-order chi connectivity index (χ0) is 27.8. The van der Waals surface area contributed by atoms with Crippen LogP contribution >= 0.6 is 11.6 Å². The molecule has 0 aliphatic heterocycles. The molecule has 0 aliphatic carbocycles. The van der Waals surface area contributed by atoms with Crippen molar-refractivity contribution in [2.45, 2.75) is 12.5 Å². The number of carbonyl (C=O) groups is 3. The van der Waals surface area contributed by atoms with Crippen LogP contribution in [-0.4, -0.2) is 60.6 Å². The molecule has 39 heavy (non-hydrogen) atoms. The number of aliphatic carboxylic acids is 1. The summed E-state index contributed by atoms with van der Waals surface area (Å²) in [7, 11) is 1.26. The summed E-state index contributed by atoms with van der Waals surface area (Å²) in [5.74, 6) is -1.66. The number of benzene rings is 2. The lowest BCUT2D eigenvalue weighted by atomic mass is 10.0. The summed E-state index contributed by atoms with van der Waals surface area (Å²) >= 11 is 6.12. The molecule has 0 saturated carbocycles. The first-order valence-corrected chi connectivity index (χ1v) is 11.7. The van der Waals surface area contributed by atoms with Crippen molar-refractivity contribution in [3.63, 3.8) is 0 Å². The molecule has 2 aromatic heterocycles. The summed E-state index contributed by atoms with van der Waals surface area (Å²) in [6.45, 7) is 0. The average molecular weight is 549 g/mol. The van der Waals surface area contributed by atoms with Crippen molar-refractivity contribution in [1.82, 2.24) is 35.7 Å². The van der Waals surface area contributed by atoms with Crippen molar-refractivity contribution in [2.75, 3.05) is 12.4 Å². The second-order valence-corrected chi connectivity index (χ2v) is 8.45. The fraction of sp³-hybridized carbons (Fsp3) is 0.120. The first kappa shape index (κ1) is 26.9. The molecule has 198 valence electrons. The number of anilines is 1. The lowest BCUT2D eigenvalue weighted by Gasteiger charge is -2.16. The molecule has 2 amide bonds. The topological polar surface area (TPSA) is 174 Å². The van der Waals surface area contributed by atoms with Gasteiger partial charge in [0.05, 0.1) is 37.2 Å². The van der Waals surface area contributed by atoms with Crippen LogP contribution in [0.15, 0.2) is 67.1 Å². The van der Waals surface area contributed by atoms with E-state index in [4.69, 9.17) is 11.6 Å². The van der Waals surface area contributed by atoms with Crippen LogP contribution in [0.5, 0.6) is 0 Å². The van der Waals surface area contributed by atoms with E-state index in [0.717, 1.165) is 0 Å². The number of amides is 2. The summed E-state index contributed by atoms with van der Waals surface area (Å²) in [5, 5.41) is 34.3. The molecule has 0 fully saturated rings. The van der Waals surface area contributed by atoms with Gasteiger partial charge in [0.1, 0.15) is 6.33 Å². The maximum atomic E-state index is 12.8. The summed E-state index contributed by atoms with van der Waals surface area (Å²) < 4.78 is 5.99. The lowest BCUT2D eigenvalue weighted by molar-refractivity contribution is -0.137. The molecule has 1 unspecified atom stereocenters. The molecular weight excluding hydrogens is 528 g/mol. The van der Waals surface area contributed by atoms with Crippen molar-refractivity contribution in [2.24, 2.45) is 0 Å². The molecule has 0 aliphatic rings. The normalized spacial score (nSPS) is 11.6. The second kappa shape index (κ2) is 12.4. The van der Waals surface area contributed by atoms with E-state index in [0.29, 0.717) is 38.8 Å². The summed E-state index contributed by atoms with van der Waals surface area (Å²) in [5.41, 5.74) is 3.22. The maximum Gasteiger partial charge on any atom is 0.411 e. The van der Waals surface area contributed by atoms with E-state index in [1.807, 2.05) is 0 Å². The highest BCUT2D eigenvalue weighted by molar-refractivity contribution is 6.30. The van der Waals surface area contributed by atoms with E-state index < -0.39 is 24.0 Å². The number of hydrogen-bond donors (Lipinski definition) is 3. The van der Waals surface area contributed by atoms with Crippen molar-refractivity contribution < 1.29 is 24.2 Å². The molecule has 13 nitrogen and oxygen atoms in total. The number of halogens is 1. The van der Waals surface area contributed by atoms with Crippen LogP contribution in [0, 0.1) is 0 Å². The Morgan fingerprint density at radius 2 is 1.92 bits per heavy atom. The molecule has 0 bridgehead atoms. The van der Waals surface area contributed by atoms with Gasteiger partial charge in [0.15, 0.2) is 0 Å². The van der Waals surface area contributed by atoms with Crippen LogP contribution in [0.3, 0.4) is 0 Å². The van der Waals surface area contributed by atoms with Crippen LogP contribution in [-0.2, 0) is 14.3 Å². The summed E-state index contributed by atoms with van der Waals surface area (Å²) in [6, 6.07) is 12.5. The minimum atomic E-state index is -1.11. The number of nitrogens with zero attached hydrogens (tertiary/aromatic N) is 6. The molecule has 0 saturated heterocycles. The number of tetrazole rings is 1. The molecule has 2 heterocycles. The number of carboxylic acids is 1. The predicted molar refractivity (Wildman–Crippen MR) is 140 cm³/mol. The predicted octanol–water partition coefficient (Wildman–Crippen LogP) is 3.30. The van der Waals surface area contributed by atoms with Gasteiger partial charge in [-0.05, 0) is 58.5 Å². The van der Waals surface area contributed by atoms with Crippen LogP contribution in [0.25, 0.3) is 23.0 Å². The zero-order valence-electron chi connectivity index (χ0n) is 20.4. The van der Waals surface area contributed by atoms with Gasteiger partial charge in [-0.1, -0.05) is 23.7 Å². The standard InChI is InChI=1S/C25H21ClN8O5/c1-39-25(38)29-19-6-2-15(3-7-19)21-11-17(13-27-31-21)20(12-24(36)37)30-23(35)9-4-16-10-18(26)5-8-22(16)34-14-28-32-33-34/h2-11,13-14,20H,12H2,1H3,(H,29,38)(H,30,35)(H,36,37). The quantitative estimate of drug-likeness (QED) is 0.263. The minimum Gasteiger partial charge on any atom is -0.481 e. The Labute approximate surface area is 226 Å². The Bertz CT molecular complexity index is 1510. The van der Waals surface area contributed by atoms with Gasteiger partial charge in [-0.15, -0.1) is 5.10 Å². The van der Waals surface area contributed by atoms with Crippen molar-refractivity contribution in [3.8, 4) is 16.9 Å². The third kappa shape index (κ3) is 7.20. The monoisotopic (exact) mass is 548 g/mol. The first-order chi connectivity index (χ1) is 18.8. The van der Waals surface area contributed by atoms with Gasteiger partial charge in [0.2, 0.25) is 5.91 Å². The van der Waals surface area contributed by atoms with Crippen LogP contribution in [0.1, 0.15) is 23.6 Å². The van der Waals surface area contributed by atoms with Gasteiger partial charge in [-0.25, -0.2) is 4.79 Å². The number of rotatable bonds is 9. The van der Waals surface area contributed by atoms with Crippen LogP contribution in [0.2, 0.25) is 5.02 Å². The molecule has 4 rings (SSSR count). The number of aromatic nitrogens is 6. The van der Waals surface area contributed by atoms with Crippen LogP contribution < -0.4 is 10.6 Å². The minimum absolute atomic E-state index is 0.389. The maximum absolute atomic E-state index is 12.8. The van der Waals surface area contributed by atoms with E-state index >= 15 is 0 Å². The molecule has 1 atom stereocenters. The fourth-order valence-corrected chi connectivity index (χ4v) is 3.74. The summed E-state index contributed by atoms with van der Waals surface area (Å²) in [6.07, 6.45) is 4.59. The number of methoxy groups -OCH3 is 1. The first-order valence-electron chi connectivity index (χ1n) is 11.3. The lowest BCUT2D eigenvalue weighted by Crippen LogP contribution is -2.29. The molecule has 3 N–H and O–H groups in total. The Kier molecular flexibility index (Phi) is 8.53. The smallest absolute Gasteiger partial charge is 0.411 e. The largest absolute Gasteiger partial charge is 0.481 e. The number of nitrogens with one attached hydrogen (secondary N) is 2. The van der Waals surface area contributed by atoms with E-state index in [1.54, 1.807) is 48.5 Å². The number of ether oxygens (including phenoxy) is 1. The SMILES string of the molecule is COC(=O)Nc1ccc(-c2cc(C(CC(=O)O)NC(=O)C=Cc3cc(Cl)ccc3-n3cnnn3)cnn2)cc1. The van der Waals surface area contributed by atoms with Gasteiger partial charge in [0, 0.05) is 27.9 Å². The Morgan fingerprint density at radius 3 is 2.62 bits per heavy atom. The van der Waals surface area contributed by atoms with E-state index in [9.17, 15) is 19.5 Å². The van der Waals surface area contributed by atoms with E-state index in [-0.39, 0.29) is 6.42 Å². The highest BCUT2D eigenvalue weighted by Gasteiger charge is 2.19. The number of carboxylic acid groups (broad SMARTS) is 1. The van der Waals surface area contributed by atoms with Crippen LogP contribution in [0.4, 0.5) is 10.5 Å². The number of hydrogen-bond acceptors (Lipinski definition) is 9. The van der Waals surface area contributed by atoms with E-state index in [2.05, 4.69) is 41.1 Å². The van der Waals surface area contributed by atoms with Gasteiger partial charge in [-0.2, -0.15) is 14.9 Å². The fourth-order valence-electron chi connectivity index (χ4n) is 3.56. The highest BCUT2D eigenvalue weighted by atomic mass is 35.5. The molecular formula is C25H21ClN8O5. The highest BCUT2D eigenvalue weighted by Crippen LogP contribution is 2.24. The average Bonchev–Trinajstić information content (AvgIpc) is 3.46. The Hall–Kier alpha value is -5.17. The van der Waals surface area contributed by atoms with Crippen molar-refractivity contribution >= 4 is 41.3 Å². The Morgan fingerprint density at radius 1 is 1.13 bits per heavy atom. The molecule has 4 aromatic rings. The second-order valence-electron chi connectivity index (χ2n) is 8.02. The van der Waals surface area contributed by atoms with Crippen molar-refractivity contribution in [1.29, 1.82) is 0 Å². The van der Waals surface area contributed by atoms with Gasteiger partial charge in [0.25, 0.3) is 0 Å². The number of carbonyl (C=O) groups excluding carboxylic acids is 2. The molecule has 0 radical (unpaired) electrons. The van der Waals surface area contributed by atoms with Gasteiger partial charge >= 0.3 is 12.1 Å². The zero-order valence-corrected chi connectivity index (χ0v) is 21.1. The van der Waals surface area contributed by atoms with Crippen molar-refractivity contribution in [3.05, 3.63) is 83.3 Å². The third-order valence-electron chi connectivity index (χ3n) is 5.39. The molecule has 0 spiro atoms. The summed E-state index contributed by atoms with van der Waals surface area (Å²) in [4.78, 5) is 35.8. The van der Waals surface area contributed by atoms with Gasteiger partial charge in [-0.3, -0.25) is 14.9 Å². The van der Waals surface area contributed by atoms with E-state index in [1.165, 1.54) is 36.5 Å². The van der Waals surface area contributed by atoms with Gasteiger partial charge < -0.3 is 15.2 Å². The Balaban J connectivity index is 1.53. The molecule has 2 aromatic carbocycles. The third-order valence-corrected chi connectivity index (χ3v) is 5.62.